The van der Waals surface area contributed by atoms with Crippen LogP contribution in [0.25, 0.3) is 0 Å². The lowest BCUT2D eigenvalue weighted by molar-refractivity contribution is -0.105. The summed E-state index contributed by atoms with van der Waals surface area (Å²) < 4.78 is 23.8. The molecule has 0 aliphatic carbocycles. The molecule has 0 bridgehead atoms. The van der Waals surface area contributed by atoms with Gasteiger partial charge in [-0.15, -0.1) is 0 Å². The number of aldehydes is 1. The summed E-state index contributed by atoms with van der Waals surface area (Å²) in [5.41, 5.74) is 1.74. The zero-order valence-electron chi connectivity index (χ0n) is 8.51. The normalized spacial score (nSPS) is 10.9. The van der Waals surface area contributed by atoms with E-state index in [0.29, 0.717) is 0 Å². The molecule has 0 saturated heterocycles. The first kappa shape index (κ1) is 13.8. The van der Waals surface area contributed by atoms with Gasteiger partial charge in [0.2, 0.25) is 0 Å². The third-order valence-electron chi connectivity index (χ3n) is 1.96. The van der Waals surface area contributed by atoms with Crippen LogP contribution in [0.1, 0.15) is 10.4 Å². The Morgan fingerprint density at radius 1 is 1.47 bits per heavy atom. The molecule has 1 aromatic rings. The van der Waals surface area contributed by atoms with E-state index in [1.165, 1.54) is 18.2 Å². The van der Waals surface area contributed by atoms with Crippen molar-refractivity contribution in [1.29, 1.82) is 0 Å². The van der Waals surface area contributed by atoms with Gasteiger partial charge in [-0.25, -0.2) is 14.3 Å². The number of amides is 1. The largest absolute Gasteiger partial charge is 0.302 e. The molecule has 8 heteroatoms. The minimum atomic E-state index is -3.83. The van der Waals surface area contributed by atoms with Crippen molar-refractivity contribution >= 4 is 38.0 Å². The molecule has 3 N–H and O–H groups in total. The number of halogens is 1. The van der Waals surface area contributed by atoms with Crippen molar-refractivity contribution in [2.45, 2.75) is 4.90 Å². The van der Waals surface area contributed by atoms with Crippen molar-refractivity contribution in [3.8, 4) is 0 Å². The van der Waals surface area contributed by atoms with E-state index >= 15 is 0 Å². The van der Waals surface area contributed by atoms with Gasteiger partial charge >= 0.3 is 0 Å². The smallest absolute Gasteiger partial charge is 0.267 e. The van der Waals surface area contributed by atoms with Crippen LogP contribution in [0.4, 0.5) is 0 Å². The van der Waals surface area contributed by atoms with E-state index < -0.39 is 21.5 Å². The van der Waals surface area contributed by atoms with Crippen LogP contribution in [0.15, 0.2) is 27.6 Å². The van der Waals surface area contributed by atoms with E-state index in [2.05, 4.69) is 15.9 Å². The molecule has 0 spiro atoms. The van der Waals surface area contributed by atoms with E-state index in [4.69, 9.17) is 5.84 Å². The maximum Gasteiger partial charge on any atom is 0.267 e. The zero-order valence-corrected chi connectivity index (χ0v) is 10.9. The highest BCUT2D eigenvalue weighted by Crippen LogP contribution is 2.24. The van der Waals surface area contributed by atoms with E-state index in [9.17, 15) is 18.0 Å². The first-order valence-electron chi connectivity index (χ1n) is 4.40. The number of carbonyl (C=O) groups excluding carboxylic acids is 2. The number of hydrogen-bond acceptors (Lipinski definition) is 5. The van der Waals surface area contributed by atoms with E-state index in [-0.39, 0.29) is 21.2 Å². The van der Waals surface area contributed by atoms with Gasteiger partial charge in [-0.05, 0) is 28.1 Å². The fourth-order valence-electron chi connectivity index (χ4n) is 1.24. The number of nitrogens with two attached hydrogens (primary N) is 1. The number of benzene rings is 1. The van der Waals surface area contributed by atoms with Crippen LogP contribution in [0.5, 0.6) is 0 Å². The predicted octanol–water partition coefficient (Wildman–Crippen LogP) is 0.0252. The summed E-state index contributed by atoms with van der Waals surface area (Å²) in [6.45, 7) is 0. The van der Waals surface area contributed by atoms with Gasteiger partial charge in [0.05, 0.1) is 10.5 Å². The van der Waals surface area contributed by atoms with Crippen LogP contribution in [0, 0.1) is 0 Å². The summed E-state index contributed by atoms with van der Waals surface area (Å²) in [4.78, 5) is 21.6. The minimum absolute atomic E-state index is 0.114. The van der Waals surface area contributed by atoms with Gasteiger partial charge in [0.1, 0.15) is 12.0 Å². The third-order valence-corrected chi connectivity index (χ3v) is 4.20. The molecule has 0 radical (unpaired) electrons. The van der Waals surface area contributed by atoms with E-state index in [0.717, 1.165) is 0 Å². The number of sulfone groups is 1. The number of carbonyl (C=O) groups is 2. The van der Waals surface area contributed by atoms with Crippen molar-refractivity contribution in [2.24, 2.45) is 5.84 Å². The van der Waals surface area contributed by atoms with Crippen LogP contribution in [-0.2, 0) is 14.6 Å². The van der Waals surface area contributed by atoms with Crippen molar-refractivity contribution in [3.05, 3.63) is 28.2 Å². The van der Waals surface area contributed by atoms with Gasteiger partial charge in [-0.3, -0.25) is 10.2 Å². The first-order chi connectivity index (χ1) is 7.94. The SMILES string of the molecule is NNC(=O)c1c(Br)cccc1S(=O)(=O)CC=O. The van der Waals surface area contributed by atoms with Gasteiger partial charge in [-0.2, -0.15) is 0 Å². The first-order valence-corrected chi connectivity index (χ1v) is 6.84. The molecule has 1 amide bonds. The molecule has 0 unspecified atom stereocenters. The Labute approximate surface area is 106 Å². The van der Waals surface area contributed by atoms with Gasteiger partial charge in [0.25, 0.3) is 5.91 Å². The summed E-state index contributed by atoms with van der Waals surface area (Å²) in [5, 5.41) is 0. The maximum absolute atomic E-state index is 11.8. The highest BCUT2D eigenvalue weighted by molar-refractivity contribution is 9.10. The topological polar surface area (TPSA) is 106 Å². The van der Waals surface area contributed by atoms with Gasteiger partial charge < -0.3 is 4.79 Å². The van der Waals surface area contributed by atoms with Crippen LogP contribution in [0.2, 0.25) is 0 Å². The molecule has 0 aliphatic heterocycles. The van der Waals surface area contributed by atoms with Crippen LogP contribution in [-0.4, -0.2) is 26.4 Å². The Kier molecular flexibility index (Phi) is 4.38. The average Bonchev–Trinajstić information content (AvgIpc) is 2.27. The summed E-state index contributed by atoms with van der Waals surface area (Å²) in [6, 6.07) is 4.20. The molecular formula is C9H9BrN2O4S. The molecule has 17 heavy (non-hydrogen) atoms. The lowest BCUT2D eigenvalue weighted by Crippen LogP contribution is -2.31. The highest BCUT2D eigenvalue weighted by atomic mass is 79.9. The summed E-state index contributed by atoms with van der Waals surface area (Å²) in [7, 11) is -3.83. The second-order valence-electron chi connectivity index (χ2n) is 3.03. The van der Waals surface area contributed by atoms with Crippen molar-refractivity contribution in [1.82, 2.24) is 5.43 Å². The molecule has 0 heterocycles. The van der Waals surface area contributed by atoms with Gasteiger partial charge in [0.15, 0.2) is 9.84 Å². The van der Waals surface area contributed by atoms with E-state index in [1.54, 1.807) is 0 Å². The Hall–Kier alpha value is -1.25. The fraction of sp³-hybridized carbons (Fsp3) is 0.111. The molecular weight excluding hydrogens is 312 g/mol. The van der Waals surface area contributed by atoms with Gasteiger partial charge in [0, 0.05) is 4.47 Å². The van der Waals surface area contributed by atoms with Crippen molar-refractivity contribution in [2.75, 3.05) is 5.75 Å². The third kappa shape index (κ3) is 2.90. The van der Waals surface area contributed by atoms with Crippen molar-refractivity contribution in [3.63, 3.8) is 0 Å². The van der Waals surface area contributed by atoms with Crippen LogP contribution in [0.3, 0.4) is 0 Å². The van der Waals surface area contributed by atoms with E-state index in [1.807, 2.05) is 5.43 Å². The number of hydrazine groups is 1. The Morgan fingerprint density at radius 3 is 2.65 bits per heavy atom. The second-order valence-corrected chi connectivity index (χ2v) is 5.89. The highest BCUT2D eigenvalue weighted by Gasteiger charge is 2.23. The Balaban J connectivity index is 3.49. The Morgan fingerprint density at radius 2 is 2.12 bits per heavy atom. The predicted molar refractivity (Wildman–Crippen MR) is 63.9 cm³/mol. The Bertz CT molecular complexity index is 556. The fourth-order valence-corrected chi connectivity index (χ4v) is 3.07. The molecule has 0 aliphatic rings. The van der Waals surface area contributed by atoms with Gasteiger partial charge in [-0.1, -0.05) is 6.07 Å². The standard InChI is InChI=1S/C9H9BrN2O4S/c10-6-2-1-3-7(8(6)9(14)12-11)17(15,16)5-4-13/h1-4H,5,11H2,(H,12,14). The molecule has 1 aromatic carbocycles. The maximum atomic E-state index is 11.8. The number of nitrogen functional groups attached to an aromatic ring is 1. The lowest BCUT2D eigenvalue weighted by atomic mass is 10.2. The number of nitrogens with one attached hydrogen (secondary N) is 1. The molecule has 0 atom stereocenters. The summed E-state index contributed by atoms with van der Waals surface area (Å²) >= 11 is 3.06. The minimum Gasteiger partial charge on any atom is -0.302 e. The summed E-state index contributed by atoms with van der Waals surface area (Å²) in [5.74, 6) is 3.54. The number of rotatable bonds is 4. The monoisotopic (exact) mass is 320 g/mol. The summed E-state index contributed by atoms with van der Waals surface area (Å²) in [6.07, 6.45) is 0.264. The average molecular weight is 321 g/mol. The molecule has 0 saturated carbocycles. The molecule has 6 nitrogen and oxygen atoms in total. The molecule has 1 rings (SSSR count). The quantitative estimate of drug-likeness (QED) is 0.352. The molecule has 0 aromatic heterocycles. The molecule has 0 fully saturated rings. The lowest BCUT2D eigenvalue weighted by Gasteiger charge is -2.09. The van der Waals surface area contributed by atoms with Crippen LogP contribution >= 0.6 is 15.9 Å². The van der Waals surface area contributed by atoms with Crippen molar-refractivity contribution < 1.29 is 18.0 Å². The molecule has 92 valence electrons. The number of hydrogen-bond donors (Lipinski definition) is 2. The van der Waals surface area contributed by atoms with Crippen LogP contribution < -0.4 is 11.3 Å². The second kappa shape index (κ2) is 5.39. The zero-order chi connectivity index (χ0) is 13.1.